The highest BCUT2D eigenvalue weighted by atomic mass is 32.2. The molecule has 0 saturated heterocycles. The van der Waals surface area contributed by atoms with Gasteiger partial charge in [-0.1, -0.05) is 6.92 Å². The number of ether oxygens (including phenoxy) is 2. The molecule has 0 bridgehead atoms. The maximum absolute atomic E-state index is 12.2. The zero-order valence-corrected chi connectivity index (χ0v) is 12.7. The summed E-state index contributed by atoms with van der Waals surface area (Å²) in [4.78, 5) is 0.0188. The first-order valence-corrected chi connectivity index (χ1v) is 7.82. The van der Waals surface area contributed by atoms with Crippen LogP contribution in [0.3, 0.4) is 0 Å². The minimum absolute atomic E-state index is 0.0188. The Morgan fingerprint density at radius 3 is 2.55 bits per heavy atom. The lowest BCUT2D eigenvalue weighted by molar-refractivity contribution is 0.162. The monoisotopic (exact) mass is 303 g/mol. The number of benzene rings is 1. The maximum Gasteiger partial charge on any atom is 0.244 e. The Labute approximate surface area is 119 Å². The van der Waals surface area contributed by atoms with Crippen molar-refractivity contribution in [2.24, 2.45) is 0 Å². The normalized spacial score (nSPS) is 13.0. The summed E-state index contributed by atoms with van der Waals surface area (Å²) >= 11 is 0. The quantitative estimate of drug-likeness (QED) is 0.752. The zero-order valence-electron chi connectivity index (χ0n) is 11.9. The first-order valence-electron chi connectivity index (χ1n) is 6.34. The number of aliphatic hydroxyl groups is 1. The van der Waals surface area contributed by atoms with Crippen molar-refractivity contribution in [2.75, 3.05) is 20.8 Å². The molecule has 0 radical (unpaired) electrons. The molecule has 0 saturated carbocycles. The number of nitrogens with one attached hydrogen (secondary N) is 1. The van der Waals surface area contributed by atoms with Gasteiger partial charge in [0.2, 0.25) is 10.0 Å². The lowest BCUT2D eigenvalue weighted by atomic mass is 10.2. The summed E-state index contributed by atoms with van der Waals surface area (Å²) in [7, 11) is -0.840. The number of aliphatic hydroxyl groups excluding tert-OH is 1. The molecule has 0 aliphatic rings. The molecule has 0 aromatic heterocycles. The fraction of sp³-hybridized carbons (Fsp3) is 0.538. The molecule has 1 aromatic carbocycles. The first kappa shape index (κ1) is 16.7. The summed E-state index contributed by atoms with van der Waals surface area (Å²) < 4.78 is 37.0. The summed E-state index contributed by atoms with van der Waals surface area (Å²) in [5.74, 6) is 0.675. The molecule has 0 amide bonds. The Kier molecular flexibility index (Phi) is 6.25. The van der Waals surface area contributed by atoms with E-state index in [9.17, 15) is 13.5 Å². The Bertz CT molecular complexity index is 530. The zero-order chi connectivity index (χ0) is 15.2. The Hall–Kier alpha value is -1.31. The number of rotatable bonds is 8. The summed E-state index contributed by atoms with van der Waals surface area (Å²) in [6.07, 6.45) is 0.441. The lowest BCUT2D eigenvalue weighted by Crippen LogP contribution is -2.27. The van der Waals surface area contributed by atoms with E-state index < -0.39 is 16.1 Å². The van der Waals surface area contributed by atoms with Crippen LogP contribution < -0.4 is 14.2 Å². The molecule has 0 spiro atoms. The van der Waals surface area contributed by atoms with E-state index in [-0.39, 0.29) is 17.2 Å². The fourth-order valence-electron chi connectivity index (χ4n) is 1.64. The van der Waals surface area contributed by atoms with Crippen molar-refractivity contribution >= 4 is 10.0 Å². The maximum atomic E-state index is 12.2. The molecule has 7 heteroatoms. The molecule has 6 nitrogen and oxygen atoms in total. The van der Waals surface area contributed by atoms with Crippen LogP contribution >= 0.6 is 0 Å². The molecular formula is C13H21NO5S. The Balaban J connectivity index is 2.90. The SMILES string of the molecule is CCC(O)CCNS(=O)(=O)c1cc(OC)ccc1OC. The number of methoxy groups -OCH3 is 2. The van der Waals surface area contributed by atoms with Crippen LogP contribution in [-0.4, -0.2) is 40.4 Å². The van der Waals surface area contributed by atoms with Gasteiger partial charge in [0.15, 0.2) is 0 Å². The van der Waals surface area contributed by atoms with Crippen LogP contribution in [0.1, 0.15) is 19.8 Å². The van der Waals surface area contributed by atoms with Crippen LogP contribution in [0.15, 0.2) is 23.1 Å². The molecule has 0 aliphatic carbocycles. The second-order valence-electron chi connectivity index (χ2n) is 4.27. The molecule has 1 atom stereocenters. The summed E-state index contributed by atoms with van der Waals surface area (Å²) in [5, 5.41) is 9.43. The van der Waals surface area contributed by atoms with Crippen LogP contribution in [0.5, 0.6) is 11.5 Å². The van der Waals surface area contributed by atoms with Crippen molar-refractivity contribution in [1.82, 2.24) is 4.72 Å². The van der Waals surface area contributed by atoms with Crippen LogP contribution in [0.25, 0.3) is 0 Å². The largest absolute Gasteiger partial charge is 0.497 e. The van der Waals surface area contributed by atoms with E-state index in [1.54, 1.807) is 6.07 Å². The van der Waals surface area contributed by atoms with Crippen molar-refractivity contribution in [3.8, 4) is 11.5 Å². The van der Waals surface area contributed by atoms with Gasteiger partial charge < -0.3 is 14.6 Å². The van der Waals surface area contributed by atoms with Crippen molar-refractivity contribution in [2.45, 2.75) is 30.8 Å². The Morgan fingerprint density at radius 2 is 2.00 bits per heavy atom. The molecule has 0 aliphatic heterocycles. The third-order valence-electron chi connectivity index (χ3n) is 2.90. The highest BCUT2D eigenvalue weighted by Gasteiger charge is 2.20. The highest BCUT2D eigenvalue weighted by molar-refractivity contribution is 7.89. The number of hydrogen-bond acceptors (Lipinski definition) is 5. The van der Waals surface area contributed by atoms with E-state index in [4.69, 9.17) is 9.47 Å². The van der Waals surface area contributed by atoms with Gasteiger partial charge in [0.05, 0.1) is 20.3 Å². The van der Waals surface area contributed by atoms with Crippen molar-refractivity contribution < 1.29 is 23.0 Å². The average molecular weight is 303 g/mol. The molecule has 114 valence electrons. The van der Waals surface area contributed by atoms with Gasteiger partial charge in [-0.2, -0.15) is 0 Å². The summed E-state index contributed by atoms with van der Waals surface area (Å²) in [5.41, 5.74) is 0. The standard InChI is InChI=1S/C13H21NO5S/c1-4-10(15)7-8-14-20(16,17)13-9-11(18-2)5-6-12(13)19-3/h5-6,9-10,14-15H,4,7-8H2,1-3H3. The average Bonchev–Trinajstić information content (AvgIpc) is 2.46. The van der Waals surface area contributed by atoms with Gasteiger partial charge in [-0.3, -0.25) is 0 Å². The molecular weight excluding hydrogens is 282 g/mol. The van der Waals surface area contributed by atoms with Crippen LogP contribution in [-0.2, 0) is 10.0 Å². The van der Waals surface area contributed by atoms with Crippen molar-refractivity contribution in [3.05, 3.63) is 18.2 Å². The van der Waals surface area contributed by atoms with Crippen molar-refractivity contribution in [3.63, 3.8) is 0 Å². The van der Waals surface area contributed by atoms with Gasteiger partial charge in [0.25, 0.3) is 0 Å². The smallest absolute Gasteiger partial charge is 0.244 e. The van der Waals surface area contributed by atoms with Crippen LogP contribution in [0.2, 0.25) is 0 Å². The van der Waals surface area contributed by atoms with Gasteiger partial charge in [0.1, 0.15) is 16.4 Å². The first-order chi connectivity index (χ1) is 9.44. The second kappa shape index (κ2) is 7.47. The summed E-state index contributed by atoms with van der Waals surface area (Å²) in [6, 6.07) is 4.56. The predicted molar refractivity (Wildman–Crippen MR) is 75.6 cm³/mol. The molecule has 1 unspecified atom stereocenters. The predicted octanol–water partition coefficient (Wildman–Crippen LogP) is 1.14. The van der Waals surface area contributed by atoms with Gasteiger partial charge in [0, 0.05) is 12.6 Å². The Morgan fingerprint density at radius 1 is 1.30 bits per heavy atom. The molecule has 1 aromatic rings. The van der Waals surface area contributed by atoms with E-state index >= 15 is 0 Å². The summed E-state index contributed by atoms with van der Waals surface area (Å²) in [6.45, 7) is 2.00. The van der Waals surface area contributed by atoms with Gasteiger partial charge >= 0.3 is 0 Å². The van der Waals surface area contributed by atoms with E-state index in [0.717, 1.165) is 0 Å². The van der Waals surface area contributed by atoms with Crippen molar-refractivity contribution in [1.29, 1.82) is 0 Å². The van der Waals surface area contributed by atoms with Gasteiger partial charge in [-0.25, -0.2) is 13.1 Å². The minimum atomic E-state index is -3.71. The fourth-order valence-corrected chi connectivity index (χ4v) is 2.87. The second-order valence-corrected chi connectivity index (χ2v) is 6.00. The lowest BCUT2D eigenvalue weighted by Gasteiger charge is -2.13. The van der Waals surface area contributed by atoms with E-state index in [2.05, 4.69) is 4.72 Å². The third-order valence-corrected chi connectivity index (χ3v) is 4.38. The topological polar surface area (TPSA) is 84.9 Å². The molecule has 20 heavy (non-hydrogen) atoms. The highest BCUT2D eigenvalue weighted by Crippen LogP contribution is 2.27. The number of sulfonamides is 1. The number of hydrogen-bond donors (Lipinski definition) is 2. The van der Waals surface area contributed by atoms with Crippen LogP contribution in [0, 0.1) is 0 Å². The van der Waals surface area contributed by atoms with E-state index in [0.29, 0.717) is 18.6 Å². The minimum Gasteiger partial charge on any atom is -0.497 e. The van der Waals surface area contributed by atoms with Crippen LogP contribution in [0.4, 0.5) is 0 Å². The van der Waals surface area contributed by atoms with E-state index in [1.165, 1.54) is 26.4 Å². The third kappa shape index (κ3) is 4.36. The molecule has 1 rings (SSSR count). The van der Waals surface area contributed by atoms with E-state index in [1.807, 2.05) is 6.92 Å². The molecule has 0 fully saturated rings. The molecule has 2 N–H and O–H groups in total. The van der Waals surface area contributed by atoms with Gasteiger partial charge in [-0.05, 0) is 25.0 Å². The van der Waals surface area contributed by atoms with Gasteiger partial charge in [-0.15, -0.1) is 0 Å². The molecule has 0 heterocycles.